The lowest BCUT2D eigenvalue weighted by Gasteiger charge is -2.06. The van der Waals surface area contributed by atoms with Gasteiger partial charge in [-0.3, -0.25) is 4.79 Å². The van der Waals surface area contributed by atoms with Crippen LogP contribution in [0.25, 0.3) is 10.8 Å². The Morgan fingerprint density at radius 1 is 1.35 bits per heavy atom. The highest BCUT2D eigenvalue weighted by Crippen LogP contribution is 2.19. The predicted molar refractivity (Wildman–Crippen MR) is 84.6 cm³/mol. The highest BCUT2D eigenvalue weighted by Gasteiger charge is 2.15. The maximum absolute atomic E-state index is 12.2. The maximum atomic E-state index is 12.2. The molecule has 0 bridgehead atoms. The molecule has 23 heavy (non-hydrogen) atoms. The minimum atomic E-state index is -1.22. The molecule has 0 radical (unpaired) electrons. The maximum Gasteiger partial charge on any atom is 0.341 e. The van der Waals surface area contributed by atoms with Crippen molar-refractivity contribution in [1.29, 1.82) is 0 Å². The summed E-state index contributed by atoms with van der Waals surface area (Å²) in [6.07, 6.45) is 4.84. The summed E-state index contributed by atoms with van der Waals surface area (Å²) in [6.45, 7) is 1.80. The van der Waals surface area contributed by atoms with Crippen LogP contribution in [0.15, 0.2) is 40.9 Å². The smallest absolute Gasteiger partial charge is 0.341 e. The summed E-state index contributed by atoms with van der Waals surface area (Å²) in [4.78, 5) is 36.1. The van der Waals surface area contributed by atoms with Crippen molar-refractivity contribution >= 4 is 17.3 Å². The summed E-state index contributed by atoms with van der Waals surface area (Å²) in [7, 11) is 0. The molecule has 0 atom stereocenters. The van der Waals surface area contributed by atoms with Gasteiger partial charge in [0, 0.05) is 24.0 Å². The van der Waals surface area contributed by atoms with Gasteiger partial charge >= 0.3 is 5.97 Å². The van der Waals surface area contributed by atoms with E-state index in [1.807, 2.05) is 0 Å². The zero-order valence-corrected chi connectivity index (χ0v) is 12.9. The van der Waals surface area contributed by atoms with Gasteiger partial charge in [0.15, 0.2) is 10.8 Å². The number of pyridine rings is 1. The number of rotatable bonds is 4. The van der Waals surface area contributed by atoms with Crippen molar-refractivity contribution in [2.24, 2.45) is 0 Å². The SMILES string of the molecule is Cc1ccn(Cc2csc(-c3ncccn3)n2)c(=O)c1C(=O)O. The molecule has 0 aromatic carbocycles. The largest absolute Gasteiger partial charge is 0.477 e. The second kappa shape index (κ2) is 6.09. The Hall–Kier alpha value is -2.87. The zero-order chi connectivity index (χ0) is 16.4. The van der Waals surface area contributed by atoms with Gasteiger partial charge < -0.3 is 9.67 Å². The summed E-state index contributed by atoms with van der Waals surface area (Å²) < 4.78 is 1.33. The second-order valence-electron chi connectivity index (χ2n) is 4.83. The molecular weight excluding hydrogens is 316 g/mol. The summed E-state index contributed by atoms with van der Waals surface area (Å²) in [5.41, 5.74) is 0.340. The van der Waals surface area contributed by atoms with Gasteiger partial charge in [0.2, 0.25) is 0 Å². The van der Waals surface area contributed by atoms with Crippen LogP contribution in [0.5, 0.6) is 0 Å². The minimum absolute atomic E-state index is 0.197. The Kier molecular flexibility index (Phi) is 3.98. The number of thiazole rings is 1. The van der Waals surface area contributed by atoms with Crippen LogP contribution in [-0.4, -0.2) is 30.6 Å². The molecule has 0 saturated heterocycles. The van der Waals surface area contributed by atoms with E-state index in [2.05, 4.69) is 15.0 Å². The number of carboxylic acids is 1. The standard InChI is InChI=1S/C15H12N4O3S/c1-9-3-6-19(14(20)11(9)15(21)22)7-10-8-23-13(18-10)12-16-4-2-5-17-12/h2-6,8H,7H2,1H3,(H,21,22). The van der Waals surface area contributed by atoms with E-state index in [4.69, 9.17) is 5.11 Å². The average Bonchev–Trinajstić information content (AvgIpc) is 2.99. The Balaban J connectivity index is 1.92. The van der Waals surface area contributed by atoms with E-state index in [9.17, 15) is 9.59 Å². The monoisotopic (exact) mass is 328 g/mol. The molecular formula is C15H12N4O3S. The molecule has 0 spiro atoms. The normalized spacial score (nSPS) is 10.7. The van der Waals surface area contributed by atoms with Gasteiger partial charge in [0.1, 0.15) is 5.56 Å². The van der Waals surface area contributed by atoms with Crippen molar-refractivity contribution in [3.8, 4) is 10.8 Å². The number of aromatic carboxylic acids is 1. The third-order valence-corrected chi connectivity index (χ3v) is 4.12. The van der Waals surface area contributed by atoms with Crippen molar-refractivity contribution in [1.82, 2.24) is 19.5 Å². The van der Waals surface area contributed by atoms with Crippen LogP contribution in [0.3, 0.4) is 0 Å². The van der Waals surface area contributed by atoms with Crippen molar-refractivity contribution in [3.63, 3.8) is 0 Å². The number of carboxylic acid groups (broad SMARTS) is 1. The average molecular weight is 328 g/mol. The van der Waals surface area contributed by atoms with Crippen LogP contribution in [0, 0.1) is 6.92 Å². The number of carbonyl (C=O) groups is 1. The molecule has 7 nitrogen and oxygen atoms in total. The summed E-state index contributed by atoms with van der Waals surface area (Å²) >= 11 is 1.37. The first-order valence-electron chi connectivity index (χ1n) is 6.71. The Labute approximate surface area is 134 Å². The molecule has 1 N–H and O–H groups in total. The molecule has 8 heteroatoms. The first-order valence-corrected chi connectivity index (χ1v) is 7.59. The fourth-order valence-electron chi connectivity index (χ4n) is 2.12. The van der Waals surface area contributed by atoms with E-state index in [0.717, 1.165) is 0 Å². The Bertz CT molecular complexity index is 918. The van der Waals surface area contributed by atoms with Gasteiger partial charge in [-0.25, -0.2) is 19.7 Å². The van der Waals surface area contributed by atoms with Crippen molar-refractivity contribution < 1.29 is 9.90 Å². The van der Waals surface area contributed by atoms with Crippen molar-refractivity contribution in [2.75, 3.05) is 0 Å². The number of aromatic nitrogens is 4. The fourth-order valence-corrected chi connectivity index (χ4v) is 2.87. The lowest BCUT2D eigenvalue weighted by Crippen LogP contribution is -2.27. The lowest BCUT2D eigenvalue weighted by atomic mass is 10.1. The molecule has 0 aliphatic heterocycles. The van der Waals surface area contributed by atoms with Crippen LogP contribution < -0.4 is 5.56 Å². The van der Waals surface area contributed by atoms with Crippen LogP contribution in [0.1, 0.15) is 21.6 Å². The molecule has 3 aromatic heterocycles. The molecule has 3 heterocycles. The lowest BCUT2D eigenvalue weighted by molar-refractivity contribution is 0.0693. The molecule has 0 unspecified atom stereocenters. The first-order chi connectivity index (χ1) is 11.1. The first kappa shape index (κ1) is 15.0. The minimum Gasteiger partial charge on any atom is -0.477 e. The van der Waals surface area contributed by atoms with Crippen molar-refractivity contribution in [3.05, 3.63) is 63.3 Å². The fraction of sp³-hybridized carbons (Fsp3) is 0.133. The molecule has 3 rings (SSSR count). The summed E-state index contributed by atoms with van der Waals surface area (Å²) in [5, 5.41) is 11.6. The molecule has 3 aromatic rings. The molecule has 0 fully saturated rings. The number of nitrogens with zero attached hydrogens (tertiary/aromatic N) is 4. The predicted octanol–water partition coefficient (Wildman–Crippen LogP) is 1.82. The molecule has 0 aliphatic carbocycles. The topological polar surface area (TPSA) is 98.0 Å². The van der Waals surface area contributed by atoms with Gasteiger partial charge in [-0.2, -0.15) is 0 Å². The van der Waals surface area contributed by atoms with Crippen LogP contribution in [-0.2, 0) is 6.54 Å². The van der Waals surface area contributed by atoms with E-state index < -0.39 is 11.5 Å². The number of aryl methyl sites for hydroxylation is 1. The van der Waals surface area contributed by atoms with Crippen LogP contribution >= 0.6 is 11.3 Å². The zero-order valence-electron chi connectivity index (χ0n) is 12.1. The number of hydrogen-bond acceptors (Lipinski definition) is 6. The van der Waals surface area contributed by atoms with Gasteiger partial charge in [-0.15, -0.1) is 11.3 Å². The quantitative estimate of drug-likeness (QED) is 0.784. The molecule has 0 aliphatic rings. The molecule has 0 saturated carbocycles. The van der Waals surface area contributed by atoms with Crippen LogP contribution in [0.4, 0.5) is 0 Å². The van der Waals surface area contributed by atoms with E-state index in [1.54, 1.807) is 43.0 Å². The molecule has 116 valence electrons. The van der Waals surface area contributed by atoms with Crippen LogP contribution in [0.2, 0.25) is 0 Å². The summed E-state index contributed by atoms with van der Waals surface area (Å²) in [6, 6.07) is 3.33. The Morgan fingerprint density at radius 3 is 2.78 bits per heavy atom. The van der Waals surface area contributed by atoms with Gasteiger partial charge in [-0.1, -0.05) is 0 Å². The van der Waals surface area contributed by atoms with E-state index in [1.165, 1.54) is 15.9 Å². The number of hydrogen-bond donors (Lipinski definition) is 1. The molecule has 0 amide bonds. The third-order valence-electron chi connectivity index (χ3n) is 3.23. The third kappa shape index (κ3) is 3.02. The van der Waals surface area contributed by atoms with E-state index in [-0.39, 0.29) is 12.1 Å². The second-order valence-corrected chi connectivity index (χ2v) is 5.69. The highest BCUT2D eigenvalue weighted by molar-refractivity contribution is 7.13. The van der Waals surface area contributed by atoms with E-state index >= 15 is 0 Å². The highest BCUT2D eigenvalue weighted by atomic mass is 32.1. The van der Waals surface area contributed by atoms with Crippen molar-refractivity contribution in [2.45, 2.75) is 13.5 Å². The van der Waals surface area contributed by atoms with Gasteiger partial charge in [-0.05, 0) is 24.6 Å². The van der Waals surface area contributed by atoms with E-state index in [0.29, 0.717) is 22.1 Å². The van der Waals surface area contributed by atoms with Gasteiger partial charge in [0.25, 0.3) is 5.56 Å². The summed E-state index contributed by atoms with van der Waals surface area (Å²) in [5.74, 6) is -0.704. The van der Waals surface area contributed by atoms with Gasteiger partial charge in [0.05, 0.1) is 12.2 Å². The Morgan fingerprint density at radius 2 is 2.09 bits per heavy atom.